The maximum Gasteiger partial charge on any atom is 0.328 e. The minimum Gasteiger partial charge on any atom is -0.340 e. The molecule has 9 heteroatoms. The first-order chi connectivity index (χ1) is 10.3. The molecule has 120 valence electrons. The van der Waals surface area contributed by atoms with Gasteiger partial charge in [-0.2, -0.15) is 0 Å². The normalized spacial score (nSPS) is 26.1. The van der Waals surface area contributed by atoms with Gasteiger partial charge in [0.15, 0.2) is 9.84 Å². The maximum absolute atomic E-state index is 12.3. The van der Waals surface area contributed by atoms with Crippen molar-refractivity contribution in [3.63, 3.8) is 0 Å². The van der Waals surface area contributed by atoms with Crippen molar-refractivity contribution in [2.75, 3.05) is 18.8 Å². The second kappa shape index (κ2) is 5.08. The van der Waals surface area contributed by atoms with Crippen LogP contribution >= 0.6 is 0 Å². The SMILES string of the molecule is Cc1cn(CC(=O)N2C[C@@H]3CCS(=O)(=O)[C@@H]3C2)c(=O)[nH]c1=O. The molecule has 0 bridgehead atoms. The van der Waals surface area contributed by atoms with Crippen LogP contribution in [-0.4, -0.2) is 52.9 Å². The highest BCUT2D eigenvalue weighted by Gasteiger charge is 2.47. The molecule has 0 aliphatic carbocycles. The highest BCUT2D eigenvalue weighted by atomic mass is 32.2. The average Bonchev–Trinajstić information content (AvgIpc) is 2.98. The van der Waals surface area contributed by atoms with Gasteiger partial charge >= 0.3 is 5.69 Å². The fourth-order valence-electron chi connectivity index (χ4n) is 3.18. The summed E-state index contributed by atoms with van der Waals surface area (Å²) in [5.41, 5.74) is -0.778. The molecule has 2 atom stereocenters. The van der Waals surface area contributed by atoms with Crippen LogP contribution in [0.5, 0.6) is 0 Å². The molecule has 1 aromatic rings. The molecule has 8 nitrogen and oxygen atoms in total. The Morgan fingerprint density at radius 2 is 2.09 bits per heavy atom. The number of amides is 1. The van der Waals surface area contributed by atoms with Gasteiger partial charge in [0, 0.05) is 24.8 Å². The van der Waals surface area contributed by atoms with E-state index in [2.05, 4.69) is 4.98 Å². The smallest absolute Gasteiger partial charge is 0.328 e. The van der Waals surface area contributed by atoms with E-state index in [1.807, 2.05) is 0 Å². The summed E-state index contributed by atoms with van der Waals surface area (Å²) in [6, 6.07) is 0. The first-order valence-corrected chi connectivity index (χ1v) is 8.79. The van der Waals surface area contributed by atoms with Gasteiger partial charge in [-0.3, -0.25) is 19.1 Å². The molecule has 0 unspecified atom stereocenters. The van der Waals surface area contributed by atoms with Crippen molar-refractivity contribution in [2.45, 2.75) is 25.1 Å². The number of H-pyrrole nitrogens is 1. The summed E-state index contributed by atoms with van der Waals surface area (Å²) in [7, 11) is -3.09. The molecule has 2 aliphatic rings. The first-order valence-electron chi connectivity index (χ1n) is 7.07. The van der Waals surface area contributed by atoms with Crippen molar-refractivity contribution in [1.82, 2.24) is 14.5 Å². The lowest BCUT2D eigenvalue weighted by Crippen LogP contribution is -2.39. The van der Waals surface area contributed by atoms with E-state index < -0.39 is 26.3 Å². The van der Waals surface area contributed by atoms with Crippen molar-refractivity contribution in [2.24, 2.45) is 5.92 Å². The monoisotopic (exact) mass is 327 g/mol. The number of rotatable bonds is 2. The van der Waals surface area contributed by atoms with E-state index in [1.54, 1.807) is 6.92 Å². The molecule has 1 N–H and O–H groups in total. The number of hydrogen-bond donors (Lipinski definition) is 1. The van der Waals surface area contributed by atoms with E-state index in [4.69, 9.17) is 0 Å². The molecule has 3 heterocycles. The van der Waals surface area contributed by atoms with Crippen molar-refractivity contribution in [1.29, 1.82) is 0 Å². The van der Waals surface area contributed by atoms with Crippen LogP contribution in [0.25, 0.3) is 0 Å². The molecule has 3 rings (SSSR count). The number of aromatic amines is 1. The molecule has 0 saturated carbocycles. The Balaban J connectivity index is 1.76. The van der Waals surface area contributed by atoms with Crippen molar-refractivity contribution < 1.29 is 13.2 Å². The number of carbonyl (C=O) groups is 1. The number of fused-ring (bicyclic) bond motifs is 1. The van der Waals surface area contributed by atoms with Gasteiger partial charge in [-0.15, -0.1) is 0 Å². The first kappa shape index (κ1) is 15.0. The van der Waals surface area contributed by atoms with Crippen LogP contribution in [0.2, 0.25) is 0 Å². The molecule has 0 radical (unpaired) electrons. The molecular formula is C13H17N3O5S. The second-order valence-corrected chi connectivity index (χ2v) is 8.29. The van der Waals surface area contributed by atoms with Crippen LogP contribution in [0.15, 0.2) is 15.8 Å². The number of aryl methyl sites for hydroxylation is 1. The van der Waals surface area contributed by atoms with Gasteiger partial charge in [0.25, 0.3) is 5.56 Å². The second-order valence-electron chi connectivity index (χ2n) is 5.95. The average molecular weight is 327 g/mol. The zero-order chi connectivity index (χ0) is 16.1. The lowest BCUT2D eigenvalue weighted by molar-refractivity contribution is -0.131. The Bertz CT molecular complexity index is 838. The summed E-state index contributed by atoms with van der Waals surface area (Å²) in [6.07, 6.45) is 1.93. The predicted molar refractivity (Wildman–Crippen MR) is 78.3 cm³/mol. The number of sulfone groups is 1. The summed E-state index contributed by atoms with van der Waals surface area (Å²) in [5.74, 6) is -0.107. The largest absolute Gasteiger partial charge is 0.340 e. The van der Waals surface area contributed by atoms with Crippen LogP contribution in [0.1, 0.15) is 12.0 Å². The fourth-order valence-corrected chi connectivity index (χ4v) is 5.33. The Labute approximate surface area is 126 Å². The van der Waals surface area contributed by atoms with Crippen molar-refractivity contribution in [3.05, 3.63) is 32.6 Å². The molecule has 0 aromatic carbocycles. The van der Waals surface area contributed by atoms with Gasteiger partial charge in [0.05, 0.1) is 11.0 Å². The van der Waals surface area contributed by atoms with Crippen molar-refractivity contribution >= 4 is 15.7 Å². The third-order valence-corrected chi connectivity index (χ3v) is 6.72. The van der Waals surface area contributed by atoms with Crippen LogP contribution in [-0.2, 0) is 21.2 Å². The lowest BCUT2D eigenvalue weighted by Gasteiger charge is -2.17. The van der Waals surface area contributed by atoms with E-state index in [-0.39, 0.29) is 30.7 Å². The zero-order valence-electron chi connectivity index (χ0n) is 12.1. The van der Waals surface area contributed by atoms with Gasteiger partial charge in [-0.05, 0) is 19.3 Å². The fraction of sp³-hybridized carbons (Fsp3) is 0.615. The van der Waals surface area contributed by atoms with Gasteiger partial charge < -0.3 is 4.90 Å². The molecule has 2 aliphatic heterocycles. The van der Waals surface area contributed by atoms with Gasteiger partial charge in [-0.1, -0.05) is 0 Å². The van der Waals surface area contributed by atoms with E-state index in [9.17, 15) is 22.8 Å². The van der Waals surface area contributed by atoms with Gasteiger partial charge in [-0.25, -0.2) is 13.2 Å². The quantitative estimate of drug-likeness (QED) is 0.710. The Morgan fingerprint density at radius 1 is 1.36 bits per heavy atom. The third kappa shape index (κ3) is 2.49. The number of aromatic nitrogens is 2. The van der Waals surface area contributed by atoms with E-state index in [0.29, 0.717) is 18.5 Å². The number of hydrogen-bond acceptors (Lipinski definition) is 5. The minimum atomic E-state index is -3.09. The summed E-state index contributed by atoms with van der Waals surface area (Å²) < 4.78 is 24.9. The standard InChI is InChI=1S/C13H17N3O5S/c1-8-4-16(13(19)14-12(8)18)7-11(17)15-5-9-2-3-22(20,21)10(9)6-15/h4,9-10H,2-3,5-7H2,1H3,(H,14,18,19)/t9-,10+/m0/s1. The predicted octanol–water partition coefficient (Wildman–Crippen LogP) is -1.51. The molecule has 1 aromatic heterocycles. The minimum absolute atomic E-state index is 0.00277. The number of likely N-dealkylation sites (tertiary alicyclic amines) is 1. The van der Waals surface area contributed by atoms with Crippen LogP contribution < -0.4 is 11.2 Å². The summed E-state index contributed by atoms with van der Waals surface area (Å²) in [6.45, 7) is 1.96. The highest BCUT2D eigenvalue weighted by Crippen LogP contribution is 2.33. The molecule has 2 fully saturated rings. The van der Waals surface area contributed by atoms with Gasteiger partial charge in [0.1, 0.15) is 6.54 Å². The molecule has 0 spiro atoms. The van der Waals surface area contributed by atoms with Crippen LogP contribution in [0.4, 0.5) is 0 Å². The van der Waals surface area contributed by atoms with Crippen LogP contribution in [0.3, 0.4) is 0 Å². The lowest BCUT2D eigenvalue weighted by atomic mass is 10.1. The number of nitrogens with zero attached hydrogens (tertiary/aromatic N) is 2. The van der Waals surface area contributed by atoms with Gasteiger partial charge in [0.2, 0.25) is 5.91 Å². The number of nitrogens with one attached hydrogen (secondary N) is 1. The van der Waals surface area contributed by atoms with Crippen molar-refractivity contribution in [3.8, 4) is 0 Å². The molecular weight excluding hydrogens is 310 g/mol. The third-order valence-electron chi connectivity index (χ3n) is 4.46. The maximum atomic E-state index is 12.3. The summed E-state index contributed by atoms with van der Waals surface area (Å²) in [4.78, 5) is 38.9. The van der Waals surface area contributed by atoms with E-state index in [0.717, 1.165) is 4.57 Å². The summed E-state index contributed by atoms with van der Waals surface area (Å²) >= 11 is 0. The topological polar surface area (TPSA) is 109 Å². The summed E-state index contributed by atoms with van der Waals surface area (Å²) in [5, 5.41) is -0.467. The van der Waals surface area contributed by atoms with E-state index >= 15 is 0 Å². The Kier molecular flexibility index (Phi) is 3.47. The zero-order valence-corrected chi connectivity index (χ0v) is 12.9. The Morgan fingerprint density at radius 3 is 2.77 bits per heavy atom. The van der Waals surface area contributed by atoms with E-state index in [1.165, 1.54) is 11.1 Å². The molecule has 22 heavy (non-hydrogen) atoms. The number of carbonyl (C=O) groups excluding carboxylic acids is 1. The Hall–Kier alpha value is -1.90. The molecule has 2 saturated heterocycles. The highest BCUT2D eigenvalue weighted by molar-refractivity contribution is 7.92. The molecule has 1 amide bonds. The van der Waals surface area contributed by atoms with Crippen LogP contribution in [0, 0.1) is 12.8 Å².